The average molecular weight is 282 g/mol. The van der Waals surface area contributed by atoms with E-state index in [2.05, 4.69) is 17.2 Å². The van der Waals surface area contributed by atoms with Crippen LogP contribution in [0, 0.1) is 0 Å². The number of hydrogen-bond donors (Lipinski definition) is 2. The van der Waals surface area contributed by atoms with E-state index in [4.69, 9.17) is 17.3 Å². The van der Waals surface area contributed by atoms with Crippen LogP contribution >= 0.6 is 22.9 Å². The third-order valence-electron chi connectivity index (χ3n) is 2.72. The highest BCUT2D eigenvalue weighted by Gasteiger charge is 2.07. The largest absolute Gasteiger partial charge is 0.398 e. The van der Waals surface area contributed by atoms with Crippen molar-refractivity contribution in [2.75, 3.05) is 12.3 Å². The monoisotopic (exact) mass is 281 g/mol. The van der Waals surface area contributed by atoms with Gasteiger partial charge in [-0.3, -0.25) is 0 Å². The van der Waals surface area contributed by atoms with Crippen LogP contribution in [0.5, 0.6) is 0 Å². The lowest BCUT2D eigenvalue weighted by Crippen LogP contribution is -2.19. The molecule has 0 saturated carbocycles. The number of rotatable bonds is 5. The summed E-state index contributed by atoms with van der Waals surface area (Å²) in [5.41, 5.74) is 7.43. The van der Waals surface area contributed by atoms with Gasteiger partial charge in [0.15, 0.2) is 0 Å². The first kappa shape index (κ1) is 13.3. The molecule has 1 aromatic heterocycles. The molecule has 3 N–H and O–H groups in total. The summed E-state index contributed by atoms with van der Waals surface area (Å²) in [6.07, 6.45) is 1.84. The Morgan fingerprint density at radius 2 is 2.33 bits per heavy atom. The second-order valence-corrected chi connectivity index (χ2v) is 5.59. The molecule has 1 unspecified atom stereocenters. The molecule has 0 aliphatic heterocycles. The molecule has 0 spiro atoms. The Bertz CT molecular complexity index is 499. The van der Waals surface area contributed by atoms with E-state index in [0.717, 1.165) is 23.7 Å². The summed E-state index contributed by atoms with van der Waals surface area (Å²) in [4.78, 5) is 4.31. The van der Waals surface area contributed by atoms with Gasteiger partial charge in [0.25, 0.3) is 0 Å². The maximum Gasteiger partial charge on any atom is 0.0965 e. The summed E-state index contributed by atoms with van der Waals surface area (Å²) < 4.78 is 0. The summed E-state index contributed by atoms with van der Waals surface area (Å²) in [7, 11) is 0. The van der Waals surface area contributed by atoms with Crippen LogP contribution in [-0.2, 0) is 6.54 Å². The van der Waals surface area contributed by atoms with Gasteiger partial charge in [-0.1, -0.05) is 24.6 Å². The zero-order valence-corrected chi connectivity index (χ0v) is 11.8. The third-order valence-corrected chi connectivity index (χ3v) is 4.05. The maximum atomic E-state index is 5.98. The predicted octanol–water partition coefficient (Wildman–Crippen LogP) is 3.27. The number of hydrogen-bond acceptors (Lipinski definition) is 4. The van der Waals surface area contributed by atoms with Crippen LogP contribution in [-0.4, -0.2) is 11.5 Å². The Morgan fingerprint density at radius 3 is 3.00 bits per heavy atom. The van der Waals surface area contributed by atoms with Crippen LogP contribution in [0.15, 0.2) is 29.8 Å². The fraction of sp³-hybridized carbons (Fsp3) is 0.308. The molecule has 1 aromatic carbocycles. The number of aromatic nitrogens is 1. The molecule has 1 atom stereocenters. The van der Waals surface area contributed by atoms with Crippen LogP contribution in [0.4, 0.5) is 5.69 Å². The van der Waals surface area contributed by atoms with Gasteiger partial charge in [-0.2, -0.15) is 0 Å². The number of anilines is 1. The number of nitrogens with two attached hydrogens (primary N) is 1. The standard InChI is InChI=1S/C13H16ClN3S/c1-9(13-17-4-5-18-13)7-16-8-10-2-3-12(15)11(14)6-10/h2-6,9,16H,7-8,15H2,1H3. The average Bonchev–Trinajstić information content (AvgIpc) is 2.87. The molecular formula is C13H16ClN3S. The molecule has 5 heteroatoms. The highest BCUT2D eigenvalue weighted by atomic mass is 35.5. The predicted molar refractivity (Wildman–Crippen MR) is 78.1 cm³/mol. The molecule has 1 heterocycles. The first-order valence-electron chi connectivity index (χ1n) is 5.81. The van der Waals surface area contributed by atoms with E-state index in [9.17, 15) is 0 Å². The second-order valence-electron chi connectivity index (χ2n) is 4.26. The summed E-state index contributed by atoms with van der Waals surface area (Å²) >= 11 is 7.67. The number of nitrogens with one attached hydrogen (secondary N) is 1. The van der Waals surface area contributed by atoms with Crippen LogP contribution < -0.4 is 11.1 Å². The smallest absolute Gasteiger partial charge is 0.0965 e. The molecule has 0 aliphatic carbocycles. The Labute approximate surface area is 116 Å². The molecule has 3 nitrogen and oxygen atoms in total. The van der Waals surface area contributed by atoms with Gasteiger partial charge in [0.1, 0.15) is 0 Å². The molecule has 2 aromatic rings. The van der Waals surface area contributed by atoms with E-state index in [-0.39, 0.29) is 0 Å². The van der Waals surface area contributed by atoms with E-state index in [0.29, 0.717) is 16.6 Å². The molecule has 0 aliphatic rings. The van der Waals surface area contributed by atoms with E-state index in [1.54, 1.807) is 11.3 Å². The first-order valence-corrected chi connectivity index (χ1v) is 7.06. The van der Waals surface area contributed by atoms with Gasteiger partial charge in [0.05, 0.1) is 15.7 Å². The maximum absolute atomic E-state index is 5.98. The Balaban J connectivity index is 1.83. The van der Waals surface area contributed by atoms with Crippen molar-refractivity contribution < 1.29 is 0 Å². The lowest BCUT2D eigenvalue weighted by molar-refractivity contribution is 0.613. The molecule has 18 heavy (non-hydrogen) atoms. The van der Waals surface area contributed by atoms with Gasteiger partial charge < -0.3 is 11.1 Å². The quantitative estimate of drug-likeness (QED) is 0.827. The molecule has 0 amide bonds. The topological polar surface area (TPSA) is 50.9 Å². The van der Waals surface area contributed by atoms with Gasteiger partial charge in [-0.05, 0) is 17.7 Å². The highest BCUT2D eigenvalue weighted by molar-refractivity contribution is 7.09. The normalized spacial score (nSPS) is 12.6. The summed E-state index contributed by atoms with van der Waals surface area (Å²) in [6.45, 7) is 3.85. The first-order chi connectivity index (χ1) is 8.66. The van der Waals surface area contributed by atoms with Crippen molar-refractivity contribution in [2.24, 2.45) is 0 Å². The van der Waals surface area contributed by atoms with Crippen molar-refractivity contribution in [3.8, 4) is 0 Å². The van der Waals surface area contributed by atoms with E-state index in [1.807, 2.05) is 29.8 Å². The van der Waals surface area contributed by atoms with Gasteiger partial charge >= 0.3 is 0 Å². The van der Waals surface area contributed by atoms with Crippen LogP contribution in [0.25, 0.3) is 0 Å². The van der Waals surface area contributed by atoms with E-state index < -0.39 is 0 Å². The molecule has 2 rings (SSSR count). The number of benzene rings is 1. The zero-order valence-electron chi connectivity index (χ0n) is 10.2. The Morgan fingerprint density at radius 1 is 1.50 bits per heavy atom. The van der Waals surface area contributed by atoms with Crippen molar-refractivity contribution in [1.29, 1.82) is 0 Å². The van der Waals surface area contributed by atoms with Crippen LogP contribution in [0.2, 0.25) is 5.02 Å². The fourth-order valence-corrected chi connectivity index (χ4v) is 2.58. The number of nitrogens with zero attached hydrogens (tertiary/aromatic N) is 1. The number of nitrogen functional groups attached to an aromatic ring is 1. The zero-order chi connectivity index (χ0) is 13.0. The summed E-state index contributed by atoms with van der Waals surface area (Å²) in [5, 5.41) is 7.19. The minimum Gasteiger partial charge on any atom is -0.398 e. The van der Waals surface area contributed by atoms with Gasteiger partial charge in [-0.15, -0.1) is 11.3 Å². The molecule has 0 bridgehead atoms. The number of thiazole rings is 1. The Hall–Kier alpha value is -1.10. The van der Waals surface area contributed by atoms with Crippen LogP contribution in [0.3, 0.4) is 0 Å². The lowest BCUT2D eigenvalue weighted by Gasteiger charge is -2.10. The second kappa shape index (κ2) is 6.18. The van der Waals surface area contributed by atoms with Gasteiger partial charge in [0, 0.05) is 30.6 Å². The minimum absolute atomic E-state index is 0.425. The fourth-order valence-electron chi connectivity index (χ4n) is 1.68. The van der Waals surface area contributed by atoms with Gasteiger partial charge in [0.2, 0.25) is 0 Å². The molecule has 0 radical (unpaired) electrons. The van der Waals surface area contributed by atoms with E-state index in [1.165, 1.54) is 0 Å². The minimum atomic E-state index is 0.425. The van der Waals surface area contributed by atoms with Crippen molar-refractivity contribution >= 4 is 28.6 Å². The van der Waals surface area contributed by atoms with Crippen molar-refractivity contribution in [2.45, 2.75) is 19.4 Å². The van der Waals surface area contributed by atoms with Gasteiger partial charge in [-0.25, -0.2) is 4.98 Å². The SMILES string of the molecule is CC(CNCc1ccc(N)c(Cl)c1)c1nccs1. The number of halogens is 1. The lowest BCUT2D eigenvalue weighted by atomic mass is 10.1. The molecular weight excluding hydrogens is 266 g/mol. The van der Waals surface area contributed by atoms with Crippen molar-refractivity contribution in [3.05, 3.63) is 45.4 Å². The van der Waals surface area contributed by atoms with Crippen molar-refractivity contribution in [3.63, 3.8) is 0 Å². The third kappa shape index (κ3) is 3.45. The Kier molecular flexibility index (Phi) is 4.58. The van der Waals surface area contributed by atoms with Crippen LogP contribution in [0.1, 0.15) is 23.4 Å². The molecule has 0 saturated heterocycles. The highest BCUT2D eigenvalue weighted by Crippen LogP contribution is 2.20. The summed E-state index contributed by atoms with van der Waals surface area (Å²) in [5.74, 6) is 0.425. The summed E-state index contributed by atoms with van der Waals surface area (Å²) in [6, 6.07) is 5.73. The van der Waals surface area contributed by atoms with Crippen molar-refractivity contribution in [1.82, 2.24) is 10.3 Å². The molecule has 0 fully saturated rings. The van der Waals surface area contributed by atoms with E-state index >= 15 is 0 Å². The molecule has 96 valence electrons.